The molecule has 6 heteroatoms. The van der Waals surface area contributed by atoms with Gasteiger partial charge in [0.15, 0.2) is 0 Å². The number of benzene rings is 3. The van der Waals surface area contributed by atoms with Crippen molar-refractivity contribution in [3.63, 3.8) is 0 Å². The lowest BCUT2D eigenvalue weighted by molar-refractivity contribution is -0.110. The summed E-state index contributed by atoms with van der Waals surface area (Å²) < 4.78 is 0. The summed E-state index contributed by atoms with van der Waals surface area (Å²) in [6.45, 7) is 2.73. The third kappa shape index (κ3) is 4.81. The highest BCUT2D eigenvalue weighted by Crippen LogP contribution is 2.37. The summed E-state index contributed by atoms with van der Waals surface area (Å²) in [5.74, 6) is -0.139. The molecule has 6 nitrogen and oxygen atoms in total. The first-order valence-electron chi connectivity index (χ1n) is 10.8. The van der Waals surface area contributed by atoms with Gasteiger partial charge in [0, 0.05) is 29.2 Å². The van der Waals surface area contributed by atoms with Crippen LogP contribution in [-0.4, -0.2) is 18.5 Å². The molecule has 1 aliphatic heterocycles. The van der Waals surface area contributed by atoms with Crippen molar-refractivity contribution < 1.29 is 9.59 Å². The van der Waals surface area contributed by atoms with Gasteiger partial charge in [0.1, 0.15) is 0 Å². The molecule has 1 heterocycles. The largest absolute Gasteiger partial charge is 0.354 e. The Bertz CT molecular complexity index is 1140. The van der Waals surface area contributed by atoms with E-state index in [9.17, 15) is 9.59 Å². The standard InChI is InChI=1S/C26H26N4O2/c1-2-3-17-27-26(32)29-20-15-13-19(14-16-20)28-24(18-9-5-4-6-10-18)23-21-11-7-8-12-22(21)30-25(23)31/h4-16,28H,2-3,17H2,1H3,(H,30,31)(H2,27,29,32)/b24-23-. The number of rotatable bonds is 7. The van der Waals surface area contributed by atoms with Crippen molar-refractivity contribution in [2.45, 2.75) is 19.8 Å². The fraction of sp³-hybridized carbons (Fsp3) is 0.154. The Morgan fingerprint density at radius 1 is 0.844 bits per heavy atom. The zero-order valence-electron chi connectivity index (χ0n) is 17.9. The average Bonchev–Trinajstić information content (AvgIpc) is 3.15. The molecule has 0 atom stereocenters. The Morgan fingerprint density at radius 3 is 2.22 bits per heavy atom. The van der Waals surface area contributed by atoms with Gasteiger partial charge in [-0.05, 0) is 42.3 Å². The number of anilines is 3. The van der Waals surface area contributed by atoms with Crippen molar-refractivity contribution >= 4 is 40.3 Å². The van der Waals surface area contributed by atoms with Gasteiger partial charge in [-0.15, -0.1) is 0 Å². The van der Waals surface area contributed by atoms with Gasteiger partial charge in [-0.25, -0.2) is 4.79 Å². The molecule has 3 amide bonds. The van der Waals surface area contributed by atoms with Crippen molar-refractivity contribution in [2.24, 2.45) is 0 Å². The van der Waals surface area contributed by atoms with Crippen molar-refractivity contribution in [1.82, 2.24) is 5.32 Å². The molecule has 32 heavy (non-hydrogen) atoms. The number of carbonyl (C=O) groups is 2. The first kappa shape index (κ1) is 21.2. The molecule has 0 radical (unpaired) electrons. The highest BCUT2D eigenvalue weighted by molar-refractivity contribution is 6.37. The molecule has 4 N–H and O–H groups in total. The SMILES string of the molecule is CCCCNC(=O)Nc1ccc(N/C(=C2\C(=O)Nc3ccccc32)c2ccccc2)cc1. The van der Waals surface area contributed by atoms with Gasteiger partial charge in [-0.1, -0.05) is 61.9 Å². The Morgan fingerprint density at radius 2 is 1.50 bits per heavy atom. The molecule has 0 spiro atoms. The molecular formula is C26H26N4O2. The molecule has 1 aliphatic rings. The third-order valence-corrected chi connectivity index (χ3v) is 5.21. The topological polar surface area (TPSA) is 82.3 Å². The van der Waals surface area contributed by atoms with E-state index < -0.39 is 0 Å². The summed E-state index contributed by atoms with van der Waals surface area (Å²) in [5.41, 5.74) is 5.41. The Balaban J connectivity index is 1.60. The first-order valence-corrected chi connectivity index (χ1v) is 10.8. The van der Waals surface area contributed by atoms with E-state index in [2.05, 4.69) is 28.2 Å². The molecule has 0 aromatic heterocycles. The molecule has 0 saturated heterocycles. The smallest absolute Gasteiger partial charge is 0.319 e. The number of unbranched alkanes of at least 4 members (excludes halogenated alkanes) is 1. The fourth-order valence-electron chi connectivity index (χ4n) is 3.58. The van der Waals surface area contributed by atoms with Gasteiger partial charge in [0.2, 0.25) is 0 Å². The zero-order valence-corrected chi connectivity index (χ0v) is 17.9. The summed E-state index contributed by atoms with van der Waals surface area (Å²) in [7, 11) is 0. The molecule has 3 aromatic carbocycles. The number of fused-ring (bicyclic) bond motifs is 1. The molecule has 4 rings (SSSR count). The molecule has 162 valence electrons. The monoisotopic (exact) mass is 426 g/mol. The Hall–Kier alpha value is -4.06. The Kier molecular flexibility index (Phi) is 6.51. The van der Waals surface area contributed by atoms with Crippen molar-refractivity contribution in [2.75, 3.05) is 22.5 Å². The molecular weight excluding hydrogens is 400 g/mol. The van der Waals surface area contributed by atoms with E-state index >= 15 is 0 Å². The van der Waals surface area contributed by atoms with E-state index in [4.69, 9.17) is 0 Å². The van der Waals surface area contributed by atoms with Gasteiger partial charge in [-0.3, -0.25) is 4.79 Å². The normalized spacial score (nSPS) is 13.7. The summed E-state index contributed by atoms with van der Waals surface area (Å²) in [6, 6.07) is 24.7. The average molecular weight is 427 g/mol. The van der Waals surface area contributed by atoms with Crippen LogP contribution >= 0.6 is 0 Å². The molecule has 3 aromatic rings. The lowest BCUT2D eigenvalue weighted by atomic mass is 10.00. The number of hydrogen-bond donors (Lipinski definition) is 4. The van der Waals surface area contributed by atoms with E-state index in [1.165, 1.54) is 0 Å². The molecule has 0 fully saturated rings. The number of amides is 3. The number of nitrogens with one attached hydrogen (secondary N) is 4. The third-order valence-electron chi connectivity index (χ3n) is 5.21. The van der Waals surface area contributed by atoms with E-state index in [0.29, 0.717) is 17.8 Å². The summed E-state index contributed by atoms with van der Waals surface area (Å²) >= 11 is 0. The van der Waals surface area contributed by atoms with E-state index in [-0.39, 0.29) is 11.9 Å². The van der Waals surface area contributed by atoms with Gasteiger partial charge >= 0.3 is 6.03 Å². The van der Waals surface area contributed by atoms with Gasteiger partial charge in [-0.2, -0.15) is 0 Å². The fourth-order valence-corrected chi connectivity index (χ4v) is 3.58. The van der Waals surface area contributed by atoms with Crippen LogP contribution in [0.4, 0.5) is 21.9 Å². The number of para-hydroxylation sites is 1. The number of carbonyl (C=O) groups excluding carboxylic acids is 2. The second-order valence-corrected chi connectivity index (χ2v) is 7.55. The lowest BCUT2D eigenvalue weighted by Gasteiger charge is -2.15. The second-order valence-electron chi connectivity index (χ2n) is 7.55. The van der Waals surface area contributed by atoms with Gasteiger partial charge in [0.05, 0.1) is 11.3 Å². The summed E-state index contributed by atoms with van der Waals surface area (Å²) in [5, 5.41) is 12.0. The van der Waals surface area contributed by atoms with E-state index in [1.807, 2.05) is 78.9 Å². The maximum Gasteiger partial charge on any atom is 0.319 e. The van der Waals surface area contributed by atoms with Crippen LogP contribution in [0, 0.1) is 0 Å². The molecule has 0 unspecified atom stereocenters. The van der Waals surface area contributed by atoms with Crippen molar-refractivity contribution in [3.8, 4) is 0 Å². The quantitative estimate of drug-likeness (QED) is 0.296. The predicted molar refractivity (Wildman–Crippen MR) is 130 cm³/mol. The summed E-state index contributed by atoms with van der Waals surface area (Å²) in [4.78, 5) is 24.8. The van der Waals surface area contributed by atoms with Crippen LogP contribution in [-0.2, 0) is 4.79 Å². The van der Waals surface area contributed by atoms with Crippen molar-refractivity contribution in [1.29, 1.82) is 0 Å². The van der Waals surface area contributed by atoms with Crippen molar-refractivity contribution in [3.05, 3.63) is 90.0 Å². The minimum atomic E-state index is -0.217. The highest BCUT2D eigenvalue weighted by Gasteiger charge is 2.28. The minimum Gasteiger partial charge on any atom is -0.354 e. The maximum atomic E-state index is 12.9. The zero-order chi connectivity index (χ0) is 22.3. The molecule has 0 aliphatic carbocycles. The first-order chi connectivity index (χ1) is 15.7. The van der Waals surface area contributed by atoms with E-state index in [1.54, 1.807) is 0 Å². The Labute approximate surface area is 187 Å². The summed E-state index contributed by atoms with van der Waals surface area (Å²) in [6.07, 6.45) is 1.98. The van der Waals surface area contributed by atoms with Gasteiger partial charge in [0.25, 0.3) is 5.91 Å². The molecule has 0 saturated carbocycles. The van der Waals surface area contributed by atoms with Crippen LogP contribution in [0.3, 0.4) is 0 Å². The van der Waals surface area contributed by atoms with Crippen LogP contribution < -0.4 is 21.3 Å². The minimum absolute atomic E-state index is 0.139. The number of urea groups is 1. The second kappa shape index (κ2) is 9.83. The van der Waals surface area contributed by atoms with Gasteiger partial charge < -0.3 is 21.3 Å². The highest BCUT2D eigenvalue weighted by atomic mass is 16.2. The predicted octanol–water partition coefficient (Wildman–Crippen LogP) is 5.54. The lowest BCUT2D eigenvalue weighted by Crippen LogP contribution is -2.29. The maximum absolute atomic E-state index is 12.9. The van der Waals surface area contributed by atoms with Crippen LogP contribution in [0.1, 0.15) is 30.9 Å². The van der Waals surface area contributed by atoms with Crippen LogP contribution in [0.5, 0.6) is 0 Å². The van der Waals surface area contributed by atoms with E-state index in [0.717, 1.165) is 41.0 Å². The van der Waals surface area contributed by atoms with Crippen LogP contribution in [0.25, 0.3) is 11.3 Å². The number of hydrogen-bond acceptors (Lipinski definition) is 3. The van der Waals surface area contributed by atoms with Crippen LogP contribution in [0.15, 0.2) is 78.9 Å². The molecule has 0 bridgehead atoms. The van der Waals surface area contributed by atoms with Crippen LogP contribution in [0.2, 0.25) is 0 Å².